The van der Waals surface area contributed by atoms with Gasteiger partial charge in [0.25, 0.3) is 0 Å². The number of carboxylic acids is 1. The van der Waals surface area contributed by atoms with E-state index in [1.165, 1.54) is 4.90 Å². The number of methoxy groups -OCH3 is 1. The molecular weight excluding hydrogens is 250 g/mol. The molecule has 3 unspecified atom stereocenters. The second-order valence-corrected chi connectivity index (χ2v) is 5.19. The van der Waals surface area contributed by atoms with Crippen molar-refractivity contribution in [1.29, 1.82) is 0 Å². The lowest BCUT2D eigenvalue weighted by Gasteiger charge is -2.26. The zero-order chi connectivity index (χ0) is 13.8. The monoisotopic (exact) mass is 271 g/mol. The second-order valence-electron chi connectivity index (χ2n) is 5.19. The molecule has 0 aromatic rings. The van der Waals surface area contributed by atoms with Crippen LogP contribution in [0.4, 0.5) is 0 Å². The smallest absolute Gasteiger partial charge is 0.326 e. The van der Waals surface area contributed by atoms with E-state index < -0.39 is 12.0 Å². The van der Waals surface area contributed by atoms with Gasteiger partial charge in [-0.15, -0.1) is 0 Å². The van der Waals surface area contributed by atoms with Crippen LogP contribution in [0.1, 0.15) is 32.1 Å². The average Bonchev–Trinajstić information content (AvgIpc) is 2.84. The first-order valence-corrected chi connectivity index (χ1v) is 6.78. The average molecular weight is 271 g/mol. The quantitative estimate of drug-likeness (QED) is 0.812. The number of carboxylic acid groups (broad SMARTS) is 1. The van der Waals surface area contributed by atoms with Gasteiger partial charge >= 0.3 is 5.97 Å². The number of hydrogen-bond donors (Lipinski definition) is 1. The Balaban J connectivity index is 1.94. The molecule has 2 rings (SSSR count). The summed E-state index contributed by atoms with van der Waals surface area (Å²) in [6.07, 6.45) is 3.39. The third-order valence-corrected chi connectivity index (χ3v) is 3.88. The number of rotatable bonds is 4. The minimum Gasteiger partial charge on any atom is -0.480 e. The highest BCUT2D eigenvalue weighted by Crippen LogP contribution is 2.23. The summed E-state index contributed by atoms with van der Waals surface area (Å²) >= 11 is 0. The molecule has 0 aromatic heterocycles. The van der Waals surface area contributed by atoms with E-state index in [0.717, 1.165) is 19.3 Å². The van der Waals surface area contributed by atoms with Crippen molar-refractivity contribution in [2.75, 3.05) is 20.3 Å². The fourth-order valence-corrected chi connectivity index (χ4v) is 2.76. The Hall–Kier alpha value is -1.14. The van der Waals surface area contributed by atoms with Crippen molar-refractivity contribution in [3.8, 4) is 0 Å². The van der Waals surface area contributed by atoms with Crippen molar-refractivity contribution in [2.24, 2.45) is 0 Å². The minimum absolute atomic E-state index is 0.0581. The van der Waals surface area contributed by atoms with E-state index in [9.17, 15) is 14.7 Å². The Morgan fingerprint density at radius 1 is 1.42 bits per heavy atom. The molecule has 2 fully saturated rings. The molecule has 0 radical (unpaired) electrons. The first kappa shape index (κ1) is 14.3. The molecule has 2 aliphatic rings. The fraction of sp³-hybridized carbons (Fsp3) is 0.846. The molecule has 0 bridgehead atoms. The maximum absolute atomic E-state index is 12.2. The summed E-state index contributed by atoms with van der Waals surface area (Å²) in [6, 6.07) is -0.763. The SMILES string of the molecule is COC1CC(C(=O)O)N(C(=O)CC2CCCCO2)C1. The van der Waals surface area contributed by atoms with Crippen molar-refractivity contribution in [3.05, 3.63) is 0 Å². The first-order chi connectivity index (χ1) is 9.11. The highest BCUT2D eigenvalue weighted by molar-refractivity contribution is 5.84. The maximum Gasteiger partial charge on any atom is 0.326 e. The minimum atomic E-state index is -0.961. The van der Waals surface area contributed by atoms with Gasteiger partial charge in [-0.2, -0.15) is 0 Å². The van der Waals surface area contributed by atoms with Crippen LogP contribution in [0.25, 0.3) is 0 Å². The molecule has 0 aliphatic carbocycles. The molecule has 2 aliphatic heterocycles. The summed E-state index contributed by atoms with van der Waals surface area (Å²) in [7, 11) is 1.54. The Morgan fingerprint density at radius 2 is 2.21 bits per heavy atom. The van der Waals surface area contributed by atoms with E-state index in [1.54, 1.807) is 7.11 Å². The number of hydrogen-bond acceptors (Lipinski definition) is 4. The zero-order valence-corrected chi connectivity index (χ0v) is 11.2. The molecule has 0 spiro atoms. The first-order valence-electron chi connectivity index (χ1n) is 6.78. The van der Waals surface area contributed by atoms with Crippen LogP contribution in [-0.4, -0.2) is 60.4 Å². The van der Waals surface area contributed by atoms with E-state index in [-0.39, 0.29) is 24.5 Å². The third-order valence-electron chi connectivity index (χ3n) is 3.88. The van der Waals surface area contributed by atoms with Crippen LogP contribution in [-0.2, 0) is 19.1 Å². The van der Waals surface area contributed by atoms with Crippen molar-refractivity contribution in [3.63, 3.8) is 0 Å². The largest absolute Gasteiger partial charge is 0.480 e. The third kappa shape index (κ3) is 3.45. The lowest BCUT2D eigenvalue weighted by atomic mass is 10.1. The second kappa shape index (κ2) is 6.34. The van der Waals surface area contributed by atoms with Gasteiger partial charge in [-0.1, -0.05) is 0 Å². The highest BCUT2D eigenvalue weighted by atomic mass is 16.5. The summed E-state index contributed by atoms with van der Waals surface area (Å²) < 4.78 is 10.7. The lowest BCUT2D eigenvalue weighted by molar-refractivity contribution is -0.149. The van der Waals surface area contributed by atoms with Gasteiger partial charge in [-0.3, -0.25) is 4.79 Å². The van der Waals surface area contributed by atoms with E-state index in [2.05, 4.69) is 0 Å². The number of likely N-dealkylation sites (tertiary alicyclic amines) is 1. The fourth-order valence-electron chi connectivity index (χ4n) is 2.76. The van der Waals surface area contributed by atoms with Crippen molar-refractivity contribution < 1.29 is 24.2 Å². The summed E-state index contributed by atoms with van der Waals surface area (Å²) in [4.78, 5) is 24.8. The number of amides is 1. The molecule has 0 aromatic carbocycles. The molecule has 2 heterocycles. The van der Waals surface area contributed by atoms with Crippen molar-refractivity contribution in [1.82, 2.24) is 4.90 Å². The van der Waals surface area contributed by atoms with Crippen LogP contribution in [0.3, 0.4) is 0 Å². The number of nitrogens with zero attached hydrogens (tertiary/aromatic N) is 1. The Kier molecular flexibility index (Phi) is 4.76. The van der Waals surface area contributed by atoms with Crippen LogP contribution in [0.5, 0.6) is 0 Å². The van der Waals surface area contributed by atoms with Crippen LogP contribution in [0.15, 0.2) is 0 Å². The molecule has 1 amide bonds. The van der Waals surface area contributed by atoms with Gasteiger partial charge in [0.05, 0.1) is 18.6 Å². The molecule has 2 saturated heterocycles. The molecule has 108 valence electrons. The Labute approximate surface area is 112 Å². The van der Waals surface area contributed by atoms with Crippen LogP contribution >= 0.6 is 0 Å². The zero-order valence-electron chi connectivity index (χ0n) is 11.2. The number of carbonyl (C=O) groups is 2. The maximum atomic E-state index is 12.2. The van der Waals surface area contributed by atoms with E-state index in [0.29, 0.717) is 19.6 Å². The van der Waals surface area contributed by atoms with Crippen molar-refractivity contribution >= 4 is 11.9 Å². The molecule has 6 heteroatoms. The van der Waals surface area contributed by atoms with E-state index >= 15 is 0 Å². The van der Waals surface area contributed by atoms with Crippen LogP contribution in [0.2, 0.25) is 0 Å². The normalized spacial score (nSPS) is 31.4. The predicted octanol–water partition coefficient (Wildman–Crippen LogP) is 0.646. The van der Waals surface area contributed by atoms with Crippen molar-refractivity contribution in [2.45, 2.75) is 50.4 Å². The van der Waals surface area contributed by atoms with Gasteiger partial charge in [0, 0.05) is 26.7 Å². The van der Waals surface area contributed by atoms with Gasteiger partial charge in [0.2, 0.25) is 5.91 Å². The number of aliphatic carboxylic acids is 1. The molecule has 19 heavy (non-hydrogen) atoms. The van der Waals surface area contributed by atoms with Gasteiger partial charge in [0.15, 0.2) is 0 Å². The topological polar surface area (TPSA) is 76.1 Å². The molecular formula is C13H21NO5. The van der Waals surface area contributed by atoms with Gasteiger partial charge < -0.3 is 19.5 Å². The molecule has 3 atom stereocenters. The molecule has 6 nitrogen and oxygen atoms in total. The summed E-state index contributed by atoms with van der Waals surface area (Å²) in [5.74, 6) is -1.10. The predicted molar refractivity (Wildman–Crippen MR) is 66.8 cm³/mol. The van der Waals surface area contributed by atoms with Crippen LogP contribution in [0, 0.1) is 0 Å². The van der Waals surface area contributed by atoms with Gasteiger partial charge in [-0.05, 0) is 19.3 Å². The van der Waals surface area contributed by atoms with Gasteiger partial charge in [0.1, 0.15) is 6.04 Å². The van der Waals surface area contributed by atoms with Crippen LogP contribution < -0.4 is 0 Å². The highest BCUT2D eigenvalue weighted by Gasteiger charge is 2.40. The molecule has 0 saturated carbocycles. The van der Waals surface area contributed by atoms with E-state index in [1.807, 2.05) is 0 Å². The number of carbonyl (C=O) groups excluding carboxylic acids is 1. The van der Waals surface area contributed by atoms with E-state index in [4.69, 9.17) is 9.47 Å². The summed E-state index contributed by atoms with van der Waals surface area (Å²) in [6.45, 7) is 1.06. The molecule has 1 N–H and O–H groups in total. The Morgan fingerprint density at radius 3 is 2.79 bits per heavy atom. The summed E-state index contributed by atoms with van der Waals surface area (Å²) in [5.41, 5.74) is 0. The standard InChI is InChI=1S/C13H21NO5/c1-18-10-6-11(13(16)17)14(8-10)12(15)7-9-4-2-3-5-19-9/h9-11H,2-8H2,1H3,(H,16,17). The summed E-state index contributed by atoms with van der Waals surface area (Å²) in [5, 5.41) is 9.17. The lowest BCUT2D eigenvalue weighted by Crippen LogP contribution is -2.42. The number of ether oxygens (including phenoxy) is 2. The van der Waals surface area contributed by atoms with Gasteiger partial charge in [-0.25, -0.2) is 4.79 Å². The Bertz CT molecular complexity index is 340.